The monoisotopic (exact) mass is 257 g/mol. The van der Waals surface area contributed by atoms with Gasteiger partial charge in [-0.2, -0.15) is 5.10 Å². The summed E-state index contributed by atoms with van der Waals surface area (Å²) in [5.74, 6) is 1.73. The van der Waals surface area contributed by atoms with Crippen molar-refractivity contribution in [1.29, 1.82) is 0 Å². The van der Waals surface area contributed by atoms with Crippen molar-refractivity contribution in [3.05, 3.63) is 42.1 Å². The molecule has 0 unspecified atom stereocenters. The van der Waals surface area contributed by atoms with Crippen LogP contribution in [0.5, 0.6) is 11.5 Å². The minimum atomic E-state index is -0.234. The van der Waals surface area contributed by atoms with Gasteiger partial charge in [0.05, 0.1) is 6.20 Å². The Balaban J connectivity index is 1.67. The Morgan fingerprint density at radius 1 is 1.32 bits per heavy atom. The zero-order valence-electron chi connectivity index (χ0n) is 9.92. The first-order chi connectivity index (χ1) is 9.31. The molecule has 1 aromatic carbocycles. The summed E-state index contributed by atoms with van der Waals surface area (Å²) in [6, 6.07) is 7.16. The Bertz CT molecular complexity index is 620. The second kappa shape index (κ2) is 4.85. The summed E-state index contributed by atoms with van der Waals surface area (Å²) < 4.78 is 10.5. The number of hydrogen-bond acceptors (Lipinski definition) is 4. The highest BCUT2D eigenvalue weighted by Gasteiger charge is 2.12. The molecule has 0 spiro atoms. The van der Waals surface area contributed by atoms with E-state index >= 15 is 0 Å². The number of nitrogens with zero attached hydrogens (tertiary/aromatic N) is 1. The standard InChI is InChI=1S/C13H11N3O3/c17-13(15-12-5-6-14-16-12)4-2-9-1-3-10-11(7-9)19-8-18-10/h1-7H,8H2,(H2,14,15,16,17). The Kier molecular flexibility index (Phi) is 2.89. The molecule has 19 heavy (non-hydrogen) atoms. The van der Waals surface area contributed by atoms with Gasteiger partial charge in [0.2, 0.25) is 12.7 Å². The number of rotatable bonds is 3. The fraction of sp³-hybridized carbons (Fsp3) is 0.0769. The number of hydrogen-bond donors (Lipinski definition) is 2. The minimum Gasteiger partial charge on any atom is -0.454 e. The number of benzene rings is 1. The van der Waals surface area contributed by atoms with Gasteiger partial charge in [0.1, 0.15) is 5.82 Å². The van der Waals surface area contributed by atoms with Gasteiger partial charge in [-0.05, 0) is 23.8 Å². The number of carbonyl (C=O) groups is 1. The SMILES string of the molecule is O=C(C=Cc1ccc2c(c1)OCO2)Nc1ccn[nH]1. The van der Waals surface area contributed by atoms with Gasteiger partial charge in [0.25, 0.3) is 0 Å². The second-order valence-corrected chi connectivity index (χ2v) is 3.91. The maximum atomic E-state index is 11.6. The van der Waals surface area contributed by atoms with E-state index < -0.39 is 0 Å². The normalized spacial score (nSPS) is 12.8. The molecule has 2 N–H and O–H groups in total. The summed E-state index contributed by atoms with van der Waals surface area (Å²) in [6.45, 7) is 0.239. The van der Waals surface area contributed by atoms with E-state index in [0.717, 1.165) is 11.3 Å². The minimum absolute atomic E-state index is 0.234. The fourth-order valence-electron chi connectivity index (χ4n) is 1.69. The molecule has 0 aliphatic carbocycles. The van der Waals surface area contributed by atoms with Gasteiger partial charge in [-0.25, -0.2) is 0 Å². The lowest BCUT2D eigenvalue weighted by molar-refractivity contribution is -0.111. The first-order valence-electron chi connectivity index (χ1n) is 5.69. The van der Waals surface area contributed by atoms with Crippen LogP contribution in [0, 0.1) is 0 Å². The predicted molar refractivity (Wildman–Crippen MR) is 68.8 cm³/mol. The molecular weight excluding hydrogens is 246 g/mol. The molecule has 0 atom stereocenters. The van der Waals surface area contributed by atoms with Crippen LogP contribution >= 0.6 is 0 Å². The van der Waals surface area contributed by atoms with Gasteiger partial charge in [-0.15, -0.1) is 0 Å². The van der Waals surface area contributed by atoms with Crippen LogP contribution in [0.1, 0.15) is 5.56 Å². The molecule has 0 saturated carbocycles. The highest BCUT2D eigenvalue weighted by Crippen LogP contribution is 2.32. The summed E-state index contributed by atoms with van der Waals surface area (Å²) in [6.07, 6.45) is 4.71. The number of carbonyl (C=O) groups excluding carboxylic acids is 1. The fourth-order valence-corrected chi connectivity index (χ4v) is 1.69. The van der Waals surface area contributed by atoms with E-state index in [4.69, 9.17) is 9.47 Å². The highest BCUT2D eigenvalue weighted by molar-refractivity contribution is 6.01. The van der Waals surface area contributed by atoms with Gasteiger partial charge < -0.3 is 14.8 Å². The lowest BCUT2D eigenvalue weighted by Gasteiger charge is -1.98. The molecule has 6 nitrogen and oxygen atoms in total. The van der Waals surface area contributed by atoms with E-state index in [-0.39, 0.29) is 12.7 Å². The maximum Gasteiger partial charge on any atom is 0.249 e. The average Bonchev–Trinajstić information content (AvgIpc) is 3.06. The second-order valence-electron chi connectivity index (χ2n) is 3.91. The number of fused-ring (bicyclic) bond motifs is 1. The van der Waals surface area contributed by atoms with Gasteiger partial charge in [0.15, 0.2) is 11.5 Å². The molecular formula is C13H11N3O3. The molecule has 0 saturated heterocycles. The van der Waals surface area contributed by atoms with Crippen LogP contribution in [0.2, 0.25) is 0 Å². The highest BCUT2D eigenvalue weighted by atomic mass is 16.7. The van der Waals surface area contributed by atoms with Crippen molar-refractivity contribution in [2.24, 2.45) is 0 Å². The van der Waals surface area contributed by atoms with Crippen LogP contribution in [-0.2, 0) is 4.79 Å². The number of ether oxygens (including phenoxy) is 2. The summed E-state index contributed by atoms with van der Waals surface area (Å²) in [5, 5.41) is 9.03. The third kappa shape index (κ3) is 2.57. The summed E-state index contributed by atoms with van der Waals surface area (Å²) in [7, 11) is 0. The van der Waals surface area contributed by atoms with Gasteiger partial charge in [-0.3, -0.25) is 9.89 Å². The molecule has 1 aliphatic rings. The zero-order chi connectivity index (χ0) is 13.1. The average molecular weight is 257 g/mol. The molecule has 2 aromatic rings. The molecule has 0 fully saturated rings. The van der Waals surface area contributed by atoms with Crippen LogP contribution in [0.25, 0.3) is 6.08 Å². The number of anilines is 1. The van der Waals surface area contributed by atoms with Gasteiger partial charge in [0, 0.05) is 12.1 Å². The largest absolute Gasteiger partial charge is 0.454 e. The maximum absolute atomic E-state index is 11.6. The Morgan fingerprint density at radius 3 is 3.05 bits per heavy atom. The smallest absolute Gasteiger partial charge is 0.249 e. The molecule has 1 amide bonds. The molecule has 1 aromatic heterocycles. The topological polar surface area (TPSA) is 76.2 Å². The number of aromatic amines is 1. The van der Waals surface area contributed by atoms with Gasteiger partial charge >= 0.3 is 0 Å². The Labute approximate surface area is 109 Å². The van der Waals surface area contributed by atoms with E-state index in [0.29, 0.717) is 11.6 Å². The third-order valence-corrected chi connectivity index (χ3v) is 2.58. The number of aromatic nitrogens is 2. The van der Waals surface area contributed by atoms with Crippen LogP contribution in [0.4, 0.5) is 5.82 Å². The Hall–Kier alpha value is -2.76. The first kappa shape index (κ1) is 11.3. The van der Waals surface area contributed by atoms with Crippen molar-refractivity contribution in [2.75, 3.05) is 12.1 Å². The van der Waals surface area contributed by atoms with E-state index in [9.17, 15) is 4.79 Å². The lowest BCUT2D eigenvalue weighted by atomic mass is 10.2. The molecule has 6 heteroatoms. The third-order valence-electron chi connectivity index (χ3n) is 2.58. The van der Waals surface area contributed by atoms with Crippen LogP contribution in [-0.4, -0.2) is 22.9 Å². The zero-order valence-corrected chi connectivity index (χ0v) is 9.92. The van der Waals surface area contributed by atoms with E-state index in [1.54, 1.807) is 18.3 Å². The lowest BCUT2D eigenvalue weighted by Crippen LogP contribution is -2.07. The quantitative estimate of drug-likeness (QED) is 0.822. The molecule has 0 radical (unpaired) electrons. The number of amides is 1. The summed E-state index contributed by atoms with van der Waals surface area (Å²) in [5.41, 5.74) is 0.865. The number of nitrogens with one attached hydrogen (secondary N) is 2. The van der Waals surface area contributed by atoms with Crippen molar-refractivity contribution in [1.82, 2.24) is 10.2 Å². The molecule has 1 aliphatic heterocycles. The molecule has 2 heterocycles. The Morgan fingerprint density at radius 2 is 2.21 bits per heavy atom. The molecule has 0 bridgehead atoms. The van der Waals surface area contributed by atoms with E-state index in [2.05, 4.69) is 15.5 Å². The van der Waals surface area contributed by atoms with Crippen molar-refractivity contribution in [3.8, 4) is 11.5 Å². The van der Waals surface area contributed by atoms with Crippen LogP contribution < -0.4 is 14.8 Å². The van der Waals surface area contributed by atoms with Crippen molar-refractivity contribution < 1.29 is 14.3 Å². The summed E-state index contributed by atoms with van der Waals surface area (Å²) in [4.78, 5) is 11.6. The first-order valence-corrected chi connectivity index (χ1v) is 5.69. The number of H-pyrrole nitrogens is 1. The van der Waals surface area contributed by atoms with Crippen molar-refractivity contribution in [3.63, 3.8) is 0 Å². The van der Waals surface area contributed by atoms with E-state index in [1.807, 2.05) is 18.2 Å². The van der Waals surface area contributed by atoms with Crippen molar-refractivity contribution in [2.45, 2.75) is 0 Å². The van der Waals surface area contributed by atoms with Crippen LogP contribution in [0.15, 0.2) is 36.5 Å². The molecule has 3 rings (SSSR count). The molecule has 96 valence electrons. The predicted octanol–water partition coefficient (Wildman–Crippen LogP) is 1.79. The van der Waals surface area contributed by atoms with Crippen molar-refractivity contribution >= 4 is 17.8 Å². The van der Waals surface area contributed by atoms with E-state index in [1.165, 1.54) is 6.08 Å². The van der Waals surface area contributed by atoms with Gasteiger partial charge in [-0.1, -0.05) is 6.07 Å². The summed E-state index contributed by atoms with van der Waals surface area (Å²) >= 11 is 0. The van der Waals surface area contributed by atoms with Crippen LogP contribution in [0.3, 0.4) is 0 Å².